The summed E-state index contributed by atoms with van der Waals surface area (Å²) in [6, 6.07) is 5.73. The normalized spacial score (nSPS) is 33.1. The van der Waals surface area contributed by atoms with Crippen molar-refractivity contribution in [2.24, 2.45) is 11.3 Å². The van der Waals surface area contributed by atoms with Gasteiger partial charge in [0.1, 0.15) is 0 Å². The fraction of sp³-hybridized carbons (Fsp3) is 0.647. The average molecular weight is 342 g/mol. The van der Waals surface area contributed by atoms with Gasteiger partial charge in [0.05, 0.1) is 12.2 Å². The van der Waals surface area contributed by atoms with Crippen molar-refractivity contribution in [2.75, 3.05) is 13.2 Å². The van der Waals surface area contributed by atoms with Crippen LogP contribution in [0.2, 0.25) is 10.0 Å². The average Bonchev–Trinajstić information content (AvgIpc) is 2.81. The summed E-state index contributed by atoms with van der Waals surface area (Å²) < 4.78 is 5.93. The van der Waals surface area contributed by atoms with Gasteiger partial charge in [-0.1, -0.05) is 29.6 Å². The van der Waals surface area contributed by atoms with Crippen molar-refractivity contribution in [2.45, 2.75) is 43.9 Å². The van der Waals surface area contributed by atoms with E-state index in [0.29, 0.717) is 40.1 Å². The van der Waals surface area contributed by atoms with Crippen molar-refractivity contribution in [3.63, 3.8) is 0 Å². The van der Waals surface area contributed by atoms with Gasteiger partial charge in [0.15, 0.2) is 0 Å². The Bertz CT molecular complexity index is 556. The van der Waals surface area contributed by atoms with Gasteiger partial charge in [0, 0.05) is 40.6 Å². The summed E-state index contributed by atoms with van der Waals surface area (Å²) in [5.74, 6) is 0.621. The third-order valence-electron chi connectivity index (χ3n) is 5.84. The third-order valence-corrected chi connectivity index (χ3v) is 6.27. The predicted octanol–water partition coefficient (Wildman–Crippen LogP) is 3.57. The molecule has 1 heterocycles. The molecule has 1 aliphatic heterocycles. The number of rotatable bonds is 4. The van der Waals surface area contributed by atoms with Gasteiger partial charge in [-0.3, -0.25) is 0 Å². The number of benzene rings is 1. The van der Waals surface area contributed by atoms with Crippen LogP contribution >= 0.6 is 23.2 Å². The minimum Gasteiger partial charge on any atom is -0.387 e. The summed E-state index contributed by atoms with van der Waals surface area (Å²) in [7, 11) is 0. The van der Waals surface area contributed by atoms with Crippen LogP contribution in [-0.2, 0) is 4.74 Å². The van der Waals surface area contributed by atoms with Gasteiger partial charge in [-0.05, 0) is 43.0 Å². The lowest BCUT2D eigenvalue weighted by atomic mass is 9.46. The van der Waals surface area contributed by atoms with Crippen LogP contribution in [0.5, 0.6) is 0 Å². The SMILES string of the molecule is OC(CNC1C2CCOC2C12CCC2)c1cc(Cl)cc(Cl)c1. The number of hydrogen-bond acceptors (Lipinski definition) is 3. The molecule has 1 aromatic rings. The van der Waals surface area contributed by atoms with E-state index in [4.69, 9.17) is 27.9 Å². The second-order valence-corrected chi connectivity index (χ2v) is 7.81. The van der Waals surface area contributed by atoms with E-state index in [1.54, 1.807) is 18.2 Å². The van der Waals surface area contributed by atoms with Gasteiger partial charge in [-0.15, -0.1) is 0 Å². The Morgan fingerprint density at radius 1 is 1.27 bits per heavy atom. The molecule has 0 radical (unpaired) electrons. The molecule has 2 saturated carbocycles. The van der Waals surface area contributed by atoms with Crippen molar-refractivity contribution in [1.82, 2.24) is 5.32 Å². The highest BCUT2D eigenvalue weighted by Crippen LogP contribution is 2.62. The highest BCUT2D eigenvalue weighted by Gasteiger charge is 2.66. The Balaban J connectivity index is 1.42. The number of fused-ring (bicyclic) bond motifs is 2. The van der Waals surface area contributed by atoms with E-state index in [-0.39, 0.29) is 0 Å². The van der Waals surface area contributed by atoms with Crippen molar-refractivity contribution < 1.29 is 9.84 Å². The molecule has 3 fully saturated rings. The maximum absolute atomic E-state index is 10.4. The first-order valence-corrected chi connectivity index (χ1v) is 8.85. The minimum absolute atomic E-state index is 0.340. The molecule has 0 bridgehead atoms. The Morgan fingerprint density at radius 2 is 2.00 bits per heavy atom. The lowest BCUT2D eigenvalue weighted by Gasteiger charge is -2.63. The van der Waals surface area contributed by atoms with Crippen LogP contribution in [0.1, 0.15) is 37.4 Å². The third kappa shape index (κ3) is 2.30. The van der Waals surface area contributed by atoms with Gasteiger partial charge in [-0.2, -0.15) is 0 Å². The number of hydrogen-bond donors (Lipinski definition) is 2. The Labute approximate surface area is 140 Å². The number of ether oxygens (including phenoxy) is 1. The van der Waals surface area contributed by atoms with Crippen molar-refractivity contribution in [3.8, 4) is 0 Å². The van der Waals surface area contributed by atoms with Gasteiger partial charge in [-0.25, -0.2) is 0 Å². The van der Waals surface area contributed by atoms with Crippen molar-refractivity contribution >= 4 is 23.2 Å². The lowest BCUT2D eigenvalue weighted by Crippen LogP contribution is -2.71. The van der Waals surface area contributed by atoms with E-state index < -0.39 is 6.10 Å². The van der Waals surface area contributed by atoms with Crippen LogP contribution in [0.4, 0.5) is 0 Å². The van der Waals surface area contributed by atoms with E-state index >= 15 is 0 Å². The lowest BCUT2D eigenvalue weighted by molar-refractivity contribution is -0.177. The molecule has 0 aromatic heterocycles. The molecule has 4 rings (SSSR count). The predicted molar refractivity (Wildman–Crippen MR) is 87.3 cm³/mol. The first kappa shape index (κ1) is 15.2. The van der Waals surface area contributed by atoms with E-state index in [2.05, 4.69) is 5.32 Å². The van der Waals surface area contributed by atoms with Crippen LogP contribution in [0, 0.1) is 11.3 Å². The van der Waals surface area contributed by atoms with Crippen molar-refractivity contribution in [3.05, 3.63) is 33.8 Å². The second-order valence-electron chi connectivity index (χ2n) is 6.94. The maximum Gasteiger partial charge on any atom is 0.0915 e. The standard InChI is InChI=1S/C17H21Cl2NO2/c18-11-6-10(7-12(19)8-11)14(21)9-20-15-13-2-5-22-16(13)17(15)3-1-4-17/h6-8,13-16,20-21H,1-5,9H2. The minimum atomic E-state index is -0.588. The molecule has 0 amide bonds. The topological polar surface area (TPSA) is 41.5 Å². The Hall–Kier alpha value is -0.320. The monoisotopic (exact) mass is 341 g/mol. The molecular weight excluding hydrogens is 321 g/mol. The molecule has 1 saturated heterocycles. The fourth-order valence-electron chi connectivity index (χ4n) is 4.68. The highest BCUT2D eigenvalue weighted by atomic mass is 35.5. The molecule has 2 N–H and O–H groups in total. The molecule has 2 aliphatic carbocycles. The van der Waals surface area contributed by atoms with Gasteiger partial charge < -0.3 is 15.2 Å². The van der Waals surface area contributed by atoms with Crippen LogP contribution in [0.25, 0.3) is 0 Å². The van der Waals surface area contributed by atoms with Crippen LogP contribution in [0.15, 0.2) is 18.2 Å². The zero-order valence-electron chi connectivity index (χ0n) is 12.4. The molecule has 3 nitrogen and oxygen atoms in total. The largest absolute Gasteiger partial charge is 0.387 e. The van der Waals surface area contributed by atoms with Crippen LogP contribution in [0.3, 0.4) is 0 Å². The number of aliphatic hydroxyl groups excluding tert-OH is 1. The van der Waals surface area contributed by atoms with Gasteiger partial charge in [0.2, 0.25) is 0 Å². The molecule has 120 valence electrons. The van der Waals surface area contributed by atoms with E-state index in [1.807, 2.05) is 0 Å². The Kier molecular flexibility index (Phi) is 3.90. The van der Waals surface area contributed by atoms with Crippen molar-refractivity contribution in [1.29, 1.82) is 0 Å². The van der Waals surface area contributed by atoms with Crippen LogP contribution < -0.4 is 5.32 Å². The summed E-state index contributed by atoms with van der Waals surface area (Å²) in [6.45, 7) is 1.42. The molecule has 1 spiro atoms. The Morgan fingerprint density at radius 3 is 2.64 bits per heavy atom. The zero-order valence-corrected chi connectivity index (χ0v) is 13.9. The summed E-state index contributed by atoms with van der Waals surface area (Å²) in [5, 5.41) is 15.2. The first-order chi connectivity index (χ1) is 10.6. The van der Waals surface area contributed by atoms with Crippen LogP contribution in [-0.4, -0.2) is 30.4 Å². The zero-order chi connectivity index (χ0) is 15.3. The fourth-order valence-corrected chi connectivity index (χ4v) is 5.23. The molecule has 1 aromatic carbocycles. The van der Waals surface area contributed by atoms with E-state index in [9.17, 15) is 5.11 Å². The number of nitrogens with one attached hydrogen (secondary N) is 1. The number of aliphatic hydroxyl groups is 1. The molecule has 3 aliphatic rings. The molecular formula is C17H21Cl2NO2. The summed E-state index contributed by atoms with van der Waals surface area (Å²) in [5.41, 5.74) is 1.11. The summed E-state index contributed by atoms with van der Waals surface area (Å²) in [4.78, 5) is 0. The quantitative estimate of drug-likeness (QED) is 0.879. The molecule has 22 heavy (non-hydrogen) atoms. The summed E-state index contributed by atoms with van der Waals surface area (Å²) in [6.07, 6.45) is 4.82. The molecule has 4 atom stereocenters. The number of halogens is 2. The maximum atomic E-state index is 10.4. The van der Waals surface area contributed by atoms with E-state index in [1.165, 1.54) is 19.3 Å². The summed E-state index contributed by atoms with van der Waals surface area (Å²) >= 11 is 12.0. The van der Waals surface area contributed by atoms with Gasteiger partial charge in [0.25, 0.3) is 0 Å². The smallest absolute Gasteiger partial charge is 0.0915 e. The first-order valence-electron chi connectivity index (χ1n) is 8.09. The highest BCUT2D eigenvalue weighted by molar-refractivity contribution is 6.34. The molecule has 5 heteroatoms. The molecule has 4 unspecified atom stereocenters. The van der Waals surface area contributed by atoms with E-state index in [0.717, 1.165) is 18.6 Å². The van der Waals surface area contributed by atoms with Gasteiger partial charge >= 0.3 is 0 Å². The second kappa shape index (κ2) is 5.64.